The van der Waals surface area contributed by atoms with Crippen molar-refractivity contribution in [3.05, 3.63) is 35.1 Å². The van der Waals surface area contributed by atoms with Gasteiger partial charge in [-0.05, 0) is 17.7 Å². The molecule has 0 fully saturated rings. The molecule has 4 nitrogen and oxygen atoms in total. The summed E-state index contributed by atoms with van der Waals surface area (Å²) in [6.07, 6.45) is 0. The van der Waals surface area contributed by atoms with E-state index in [-0.39, 0.29) is 6.61 Å². The molecule has 0 aliphatic carbocycles. The molecule has 1 aromatic rings. The summed E-state index contributed by atoms with van der Waals surface area (Å²) in [5.41, 5.74) is 0.0966. The second kappa shape index (κ2) is 4.65. The number of Topliss-reactive ketones (excluding diaryl/α,β-unsaturated/α-hetero) is 1. The molecule has 0 aromatic heterocycles. The van der Waals surface area contributed by atoms with Gasteiger partial charge in [-0.3, -0.25) is 4.79 Å². The molecule has 0 heterocycles. The number of methoxy groups -OCH3 is 1. The molecule has 0 radical (unpaired) electrons. The Kier molecular flexibility index (Phi) is 3.51. The van der Waals surface area contributed by atoms with Crippen molar-refractivity contribution in [2.75, 3.05) is 7.11 Å². The topological polar surface area (TPSA) is 63.6 Å². The monoisotopic (exact) mass is 212 g/mol. The second-order valence-electron chi connectivity index (χ2n) is 2.88. The van der Waals surface area contributed by atoms with E-state index in [2.05, 4.69) is 0 Å². The van der Waals surface area contributed by atoms with E-state index in [4.69, 9.17) is 9.84 Å². The van der Waals surface area contributed by atoms with Crippen LogP contribution in [0.5, 0.6) is 0 Å². The molecule has 0 spiro atoms. The number of ketones is 1. The molecule has 0 saturated carbocycles. The average molecular weight is 212 g/mol. The highest BCUT2D eigenvalue weighted by atomic mass is 19.1. The number of hydrogen-bond donors (Lipinski definition) is 1. The fourth-order valence-electron chi connectivity index (χ4n) is 1.11. The first-order valence-corrected chi connectivity index (χ1v) is 4.11. The number of carboxylic acids is 1. The third-order valence-corrected chi connectivity index (χ3v) is 1.78. The number of hydrogen-bond acceptors (Lipinski definition) is 3. The molecule has 0 aliphatic heterocycles. The van der Waals surface area contributed by atoms with E-state index in [1.165, 1.54) is 13.2 Å². The Labute approximate surface area is 85.3 Å². The zero-order valence-electron chi connectivity index (χ0n) is 7.99. The van der Waals surface area contributed by atoms with E-state index in [9.17, 15) is 14.0 Å². The number of aliphatic carboxylic acids is 1. The van der Waals surface area contributed by atoms with Crippen molar-refractivity contribution in [2.45, 2.75) is 6.61 Å². The molecule has 0 bridgehead atoms. The SMILES string of the molecule is COCc1ccc(C(=O)C(=O)O)c(F)c1. The Morgan fingerprint density at radius 2 is 2.13 bits per heavy atom. The summed E-state index contributed by atoms with van der Waals surface area (Å²) in [5.74, 6) is -3.78. The quantitative estimate of drug-likeness (QED) is 0.602. The van der Waals surface area contributed by atoms with Crippen LogP contribution in [0.2, 0.25) is 0 Å². The molecule has 0 atom stereocenters. The molecule has 1 N–H and O–H groups in total. The zero-order valence-corrected chi connectivity index (χ0v) is 7.99. The summed E-state index contributed by atoms with van der Waals surface area (Å²) in [4.78, 5) is 21.3. The number of rotatable bonds is 4. The average Bonchev–Trinajstić information content (AvgIpc) is 2.17. The minimum absolute atomic E-state index is 0.207. The Bertz CT molecular complexity index is 400. The summed E-state index contributed by atoms with van der Waals surface area (Å²) >= 11 is 0. The minimum atomic E-state index is -1.67. The second-order valence-corrected chi connectivity index (χ2v) is 2.88. The van der Waals surface area contributed by atoms with Crippen molar-refractivity contribution in [2.24, 2.45) is 0 Å². The fourth-order valence-corrected chi connectivity index (χ4v) is 1.11. The molecular formula is C10H9FO4. The lowest BCUT2D eigenvalue weighted by molar-refractivity contribution is -0.131. The zero-order chi connectivity index (χ0) is 11.4. The van der Waals surface area contributed by atoms with Gasteiger partial charge in [0.2, 0.25) is 0 Å². The van der Waals surface area contributed by atoms with Crippen LogP contribution in [0.25, 0.3) is 0 Å². The van der Waals surface area contributed by atoms with Gasteiger partial charge in [0.25, 0.3) is 5.78 Å². The number of ether oxygens (including phenoxy) is 1. The molecular weight excluding hydrogens is 203 g/mol. The number of carboxylic acid groups (broad SMARTS) is 1. The van der Waals surface area contributed by atoms with Gasteiger partial charge in [0.15, 0.2) is 0 Å². The maximum atomic E-state index is 13.2. The largest absolute Gasteiger partial charge is 0.475 e. The van der Waals surface area contributed by atoms with E-state index in [1.54, 1.807) is 0 Å². The van der Waals surface area contributed by atoms with Gasteiger partial charge in [-0.15, -0.1) is 0 Å². The van der Waals surface area contributed by atoms with Gasteiger partial charge in [-0.1, -0.05) is 6.07 Å². The van der Waals surface area contributed by atoms with E-state index < -0.39 is 23.1 Å². The van der Waals surface area contributed by atoms with Crippen LogP contribution in [0.15, 0.2) is 18.2 Å². The number of carbonyl (C=O) groups excluding carboxylic acids is 1. The lowest BCUT2D eigenvalue weighted by atomic mass is 10.1. The highest BCUT2D eigenvalue weighted by molar-refractivity contribution is 6.39. The third-order valence-electron chi connectivity index (χ3n) is 1.78. The Balaban J connectivity index is 3.03. The minimum Gasteiger partial charge on any atom is -0.475 e. The van der Waals surface area contributed by atoms with Gasteiger partial charge < -0.3 is 9.84 Å². The first-order valence-electron chi connectivity index (χ1n) is 4.11. The van der Waals surface area contributed by atoms with Crippen molar-refractivity contribution in [1.29, 1.82) is 0 Å². The van der Waals surface area contributed by atoms with Crippen molar-refractivity contribution in [1.82, 2.24) is 0 Å². The number of carbonyl (C=O) groups is 2. The molecule has 1 rings (SSSR count). The fraction of sp³-hybridized carbons (Fsp3) is 0.200. The standard InChI is InChI=1S/C10H9FO4/c1-15-5-6-2-3-7(8(11)4-6)9(12)10(13)14/h2-4H,5H2,1H3,(H,13,14). The molecule has 1 aromatic carbocycles. The highest BCUT2D eigenvalue weighted by Gasteiger charge is 2.18. The summed E-state index contributed by atoms with van der Waals surface area (Å²) < 4.78 is 18.0. The van der Waals surface area contributed by atoms with Crippen LogP contribution in [0.1, 0.15) is 15.9 Å². The first kappa shape index (κ1) is 11.3. The van der Waals surface area contributed by atoms with Gasteiger partial charge in [0.1, 0.15) is 5.82 Å². The van der Waals surface area contributed by atoms with Gasteiger partial charge in [-0.2, -0.15) is 0 Å². The Hall–Kier alpha value is -1.75. The van der Waals surface area contributed by atoms with Crippen LogP contribution in [0.4, 0.5) is 4.39 Å². The van der Waals surface area contributed by atoms with Gasteiger partial charge in [0, 0.05) is 7.11 Å². The molecule has 0 saturated heterocycles. The Morgan fingerprint density at radius 1 is 1.47 bits per heavy atom. The summed E-state index contributed by atoms with van der Waals surface area (Å²) in [7, 11) is 1.45. The lowest BCUT2D eigenvalue weighted by Gasteiger charge is -2.02. The number of halogens is 1. The molecule has 15 heavy (non-hydrogen) atoms. The van der Waals surface area contributed by atoms with Crippen LogP contribution in [0, 0.1) is 5.82 Å². The summed E-state index contributed by atoms with van der Waals surface area (Å²) in [5, 5.41) is 8.39. The third kappa shape index (κ3) is 2.60. The normalized spacial score (nSPS) is 10.0. The predicted octanol–water partition coefficient (Wildman–Crippen LogP) is 1.24. The van der Waals surface area contributed by atoms with Crippen molar-refractivity contribution in [3.63, 3.8) is 0 Å². The van der Waals surface area contributed by atoms with Crippen LogP contribution >= 0.6 is 0 Å². The van der Waals surface area contributed by atoms with E-state index >= 15 is 0 Å². The summed E-state index contributed by atoms with van der Waals surface area (Å²) in [6.45, 7) is 0.207. The molecule has 0 unspecified atom stereocenters. The predicted molar refractivity (Wildman–Crippen MR) is 49.1 cm³/mol. The van der Waals surface area contributed by atoms with Crippen LogP contribution < -0.4 is 0 Å². The smallest absolute Gasteiger partial charge is 0.377 e. The van der Waals surface area contributed by atoms with E-state index in [0.717, 1.165) is 12.1 Å². The van der Waals surface area contributed by atoms with E-state index in [0.29, 0.717) is 5.56 Å². The summed E-state index contributed by atoms with van der Waals surface area (Å²) in [6, 6.07) is 3.67. The van der Waals surface area contributed by atoms with E-state index in [1.807, 2.05) is 0 Å². The van der Waals surface area contributed by atoms with Gasteiger partial charge in [0.05, 0.1) is 12.2 Å². The highest BCUT2D eigenvalue weighted by Crippen LogP contribution is 2.12. The molecule has 80 valence electrons. The van der Waals surface area contributed by atoms with Gasteiger partial charge in [-0.25, -0.2) is 9.18 Å². The first-order chi connectivity index (χ1) is 7.06. The van der Waals surface area contributed by atoms with Crippen molar-refractivity contribution in [3.8, 4) is 0 Å². The van der Waals surface area contributed by atoms with Crippen LogP contribution in [-0.2, 0) is 16.1 Å². The molecule has 0 aliphatic rings. The van der Waals surface area contributed by atoms with Crippen molar-refractivity contribution < 1.29 is 23.8 Å². The number of benzene rings is 1. The van der Waals surface area contributed by atoms with Crippen LogP contribution in [-0.4, -0.2) is 24.0 Å². The lowest BCUT2D eigenvalue weighted by Crippen LogP contribution is -2.14. The Morgan fingerprint density at radius 3 is 2.60 bits per heavy atom. The van der Waals surface area contributed by atoms with Gasteiger partial charge >= 0.3 is 5.97 Å². The molecule has 5 heteroatoms. The molecule has 0 amide bonds. The maximum absolute atomic E-state index is 13.2. The maximum Gasteiger partial charge on any atom is 0.377 e. The van der Waals surface area contributed by atoms with Crippen molar-refractivity contribution >= 4 is 11.8 Å². The van der Waals surface area contributed by atoms with Crippen LogP contribution in [0.3, 0.4) is 0 Å².